The quantitative estimate of drug-likeness (QED) is 0.838. The highest BCUT2D eigenvalue weighted by atomic mass is 19.1. The number of carbonyl (C=O) groups is 2. The van der Waals surface area contributed by atoms with Crippen LogP contribution in [-0.4, -0.2) is 41.8 Å². The fourth-order valence-electron chi connectivity index (χ4n) is 3.83. The monoisotopic (exact) mass is 365 g/mol. The first-order valence-electron chi connectivity index (χ1n) is 9.19. The summed E-state index contributed by atoms with van der Waals surface area (Å²) in [5.41, 5.74) is 5.90. The van der Waals surface area contributed by atoms with Crippen molar-refractivity contribution in [2.75, 3.05) is 13.1 Å². The van der Waals surface area contributed by atoms with Gasteiger partial charge in [0.2, 0.25) is 5.91 Å². The first-order chi connectivity index (χ1) is 12.5. The number of Topliss-reactive ketones (excluding diaryl/α,β-unsaturated/α-hetero) is 1. The molecule has 2 heterocycles. The molecule has 1 amide bonds. The summed E-state index contributed by atoms with van der Waals surface area (Å²) in [7, 11) is 0. The minimum atomic E-state index is -0.509. The van der Waals surface area contributed by atoms with Gasteiger partial charge in [0.25, 0.3) is 0 Å². The maximum absolute atomic E-state index is 13.8. The van der Waals surface area contributed by atoms with E-state index >= 15 is 0 Å². The van der Waals surface area contributed by atoms with Crippen LogP contribution in [0.25, 0.3) is 0 Å². The van der Waals surface area contributed by atoms with E-state index in [1.165, 1.54) is 25.1 Å². The van der Waals surface area contributed by atoms with Crippen molar-refractivity contribution in [3.8, 4) is 0 Å². The Morgan fingerprint density at radius 2 is 1.88 bits per heavy atom. The highest BCUT2D eigenvalue weighted by molar-refractivity contribution is 5.86. The number of piperidine rings is 1. The molecule has 2 N–H and O–H groups in total. The Hall–Kier alpha value is -1.86. The fourth-order valence-corrected chi connectivity index (χ4v) is 3.83. The normalized spacial score (nSPS) is 26.1. The van der Waals surface area contributed by atoms with Gasteiger partial charge in [-0.15, -0.1) is 0 Å². The topological polar surface area (TPSA) is 61.4 Å². The number of ketones is 1. The third-order valence-corrected chi connectivity index (χ3v) is 5.39. The van der Waals surface area contributed by atoms with Crippen molar-refractivity contribution in [1.29, 1.82) is 0 Å². The van der Waals surface area contributed by atoms with E-state index in [0.29, 0.717) is 32.4 Å². The molecular formula is C19H25F2N3O2. The predicted molar refractivity (Wildman–Crippen MR) is 93.1 cm³/mol. The molecule has 3 rings (SSSR count). The summed E-state index contributed by atoms with van der Waals surface area (Å²) in [5, 5.41) is 0. The van der Waals surface area contributed by atoms with Gasteiger partial charge in [0.1, 0.15) is 23.5 Å². The van der Waals surface area contributed by atoms with E-state index < -0.39 is 17.7 Å². The van der Waals surface area contributed by atoms with Gasteiger partial charge >= 0.3 is 0 Å². The third kappa shape index (κ3) is 4.27. The second-order valence-corrected chi connectivity index (χ2v) is 7.27. The van der Waals surface area contributed by atoms with E-state index in [4.69, 9.17) is 0 Å². The largest absolute Gasteiger partial charge is 0.341 e. The van der Waals surface area contributed by atoms with E-state index in [0.717, 1.165) is 12.8 Å². The molecule has 26 heavy (non-hydrogen) atoms. The van der Waals surface area contributed by atoms with E-state index in [1.54, 1.807) is 0 Å². The molecule has 0 aromatic heterocycles. The number of likely N-dealkylation sites (tertiary alicyclic amines) is 1. The van der Waals surface area contributed by atoms with Gasteiger partial charge in [-0.05, 0) is 57.1 Å². The summed E-state index contributed by atoms with van der Waals surface area (Å²) in [5.74, 6) is -0.792. The Morgan fingerprint density at radius 3 is 2.54 bits per heavy atom. The molecule has 142 valence electrons. The molecule has 3 atom stereocenters. The van der Waals surface area contributed by atoms with E-state index in [2.05, 4.69) is 10.9 Å². The molecule has 2 aliphatic heterocycles. The third-order valence-electron chi connectivity index (χ3n) is 5.39. The van der Waals surface area contributed by atoms with Gasteiger partial charge in [0, 0.05) is 18.7 Å². The maximum atomic E-state index is 13.8. The highest BCUT2D eigenvalue weighted by Crippen LogP contribution is 2.24. The molecule has 2 saturated heterocycles. The molecule has 2 aliphatic rings. The van der Waals surface area contributed by atoms with Crippen LogP contribution in [0.4, 0.5) is 8.78 Å². The Balaban J connectivity index is 1.54. The number of nitrogens with one attached hydrogen (secondary N) is 2. The zero-order valence-corrected chi connectivity index (χ0v) is 14.9. The fraction of sp³-hybridized carbons (Fsp3) is 0.579. The second-order valence-electron chi connectivity index (χ2n) is 7.27. The summed E-state index contributed by atoms with van der Waals surface area (Å²) in [6.45, 7) is 2.79. The van der Waals surface area contributed by atoms with Gasteiger partial charge in [-0.3, -0.25) is 9.59 Å². The molecule has 3 unspecified atom stereocenters. The van der Waals surface area contributed by atoms with Crippen LogP contribution in [0.2, 0.25) is 0 Å². The van der Waals surface area contributed by atoms with Crippen LogP contribution in [-0.2, 0) is 16.0 Å². The predicted octanol–water partition coefficient (Wildman–Crippen LogP) is 1.96. The van der Waals surface area contributed by atoms with Crippen LogP contribution in [0.3, 0.4) is 0 Å². The van der Waals surface area contributed by atoms with Crippen LogP contribution in [0.1, 0.15) is 38.2 Å². The molecule has 0 spiro atoms. The van der Waals surface area contributed by atoms with Crippen LogP contribution in [0, 0.1) is 17.6 Å². The molecule has 1 aromatic carbocycles. The van der Waals surface area contributed by atoms with Crippen LogP contribution < -0.4 is 10.9 Å². The van der Waals surface area contributed by atoms with Crippen molar-refractivity contribution in [3.05, 3.63) is 35.4 Å². The van der Waals surface area contributed by atoms with Gasteiger partial charge < -0.3 is 4.90 Å². The molecule has 0 aliphatic carbocycles. The van der Waals surface area contributed by atoms with Crippen molar-refractivity contribution in [1.82, 2.24) is 15.8 Å². The second kappa shape index (κ2) is 8.22. The number of benzene rings is 1. The first kappa shape index (κ1) is 18.9. The Morgan fingerprint density at radius 1 is 1.19 bits per heavy atom. The van der Waals surface area contributed by atoms with Crippen molar-refractivity contribution >= 4 is 11.7 Å². The summed E-state index contributed by atoms with van der Waals surface area (Å²) >= 11 is 0. The van der Waals surface area contributed by atoms with E-state index in [-0.39, 0.29) is 29.2 Å². The van der Waals surface area contributed by atoms with Crippen molar-refractivity contribution in [3.63, 3.8) is 0 Å². The Labute approximate surface area is 152 Å². The highest BCUT2D eigenvalue weighted by Gasteiger charge is 2.35. The van der Waals surface area contributed by atoms with Crippen LogP contribution >= 0.6 is 0 Å². The molecule has 2 fully saturated rings. The van der Waals surface area contributed by atoms with Crippen molar-refractivity contribution in [2.45, 2.75) is 51.1 Å². The van der Waals surface area contributed by atoms with Crippen molar-refractivity contribution in [2.24, 2.45) is 5.92 Å². The number of hydrogen-bond donors (Lipinski definition) is 2. The van der Waals surface area contributed by atoms with E-state index in [1.807, 2.05) is 4.90 Å². The summed E-state index contributed by atoms with van der Waals surface area (Å²) in [6, 6.07) is 3.20. The number of amides is 1. The summed E-state index contributed by atoms with van der Waals surface area (Å²) in [6.07, 6.45) is 3.27. The van der Waals surface area contributed by atoms with Crippen LogP contribution in [0.15, 0.2) is 18.2 Å². The lowest BCUT2D eigenvalue weighted by Gasteiger charge is -2.34. The first-order valence-corrected chi connectivity index (χ1v) is 9.19. The zero-order valence-electron chi connectivity index (χ0n) is 14.9. The summed E-state index contributed by atoms with van der Waals surface area (Å²) < 4.78 is 27.5. The zero-order chi connectivity index (χ0) is 18.7. The van der Waals surface area contributed by atoms with Gasteiger partial charge in [-0.2, -0.15) is 0 Å². The number of rotatable bonds is 5. The maximum Gasteiger partial charge on any atom is 0.241 e. The molecular weight excluding hydrogens is 340 g/mol. The lowest BCUT2D eigenvalue weighted by atomic mass is 9.91. The van der Waals surface area contributed by atoms with E-state index in [9.17, 15) is 18.4 Å². The molecule has 5 nitrogen and oxygen atoms in total. The van der Waals surface area contributed by atoms with Crippen LogP contribution in [0.5, 0.6) is 0 Å². The molecule has 0 radical (unpaired) electrons. The number of hydrogen-bond acceptors (Lipinski definition) is 4. The summed E-state index contributed by atoms with van der Waals surface area (Å²) in [4.78, 5) is 25.9. The lowest BCUT2D eigenvalue weighted by Crippen LogP contribution is -2.49. The average Bonchev–Trinajstić information content (AvgIpc) is 3.11. The SMILES string of the molecule is CC(=O)C1CC(C(=O)N2CCCC(CCc3c(F)cccc3F)C2)NN1. The van der Waals surface area contributed by atoms with Gasteiger partial charge in [0.15, 0.2) is 0 Å². The Kier molecular flexibility index (Phi) is 5.98. The molecule has 0 saturated carbocycles. The standard InChI is InChI=1S/C19H25F2N3O2/c1-12(25)17-10-18(23-22-17)19(26)24-9-3-4-13(11-24)7-8-14-15(20)5-2-6-16(14)21/h2,5-6,13,17-18,22-23H,3-4,7-11H2,1H3. The van der Waals surface area contributed by atoms with Gasteiger partial charge in [-0.25, -0.2) is 19.6 Å². The number of hydrazine groups is 1. The minimum Gasteiger partial charge on any atom is -0.341 e. The van der Waals surface area contributed by atoms with Gasteiger partial charge in [0.05, 0.1) is 6.04 Å². The number of nitrogens with zero attached hydrogens (tertiary/aromatic N) is 1. The average molecular weight is 365 g/mol. The van der Waals surface area contributed by atoms with Crippen molar-refractivity contribution < 1.29 is 18.4 Å². The molecule has 7 heteroatoms. The molecule has 0 bridgehead atoms. The lowest BCUT2D eigenvalue weighted by molar-refractivity contribution is -0.135. The Bertz CT molecular complexity index is 662. The van der Waals surface area contributed by atoms with Gasteiger partial charge in [-0.1, -0.05) is 6.07 Å². The number of halogens is 2. The smallest absolute Gasteiger partial charge is 0.241 e. The number of carbonyl (C=O) groups excluding carboxylic acids is 2. The minimum absolute atomic E-state index is 0.0104. The molecule has 1 aromatic rings.